The van der Waals surface area contributed by atoms with Crippen LogP contribution in [0.2, 0.25) is 0 Å². The zero-order chi connectivity index (χ0) is 26.8. The van der Waals surface area contributed by atoms with Crippen molar-refractivity contribution in [2.24, 2.45) is 5.16 Å². The fraction of sp³-hybridized carbons (Fsp3) is 0.227. The second-order valence-corrected chi connectivity index (χ2v) is 12.0. The van der Waals surface area contributed by atoms with Crippen LogP contribution in [0.3, 0.4) is 0 Å². The summed E-state index contributed by atoms with van der Waals surface area (Å²) < 4.78 is 0.695. The number of nitrogens with one attached hydrogen (secondary N) is 1. The summed E-state index contributed by atoms with van der Waals surface area (Å²) in [5.41, 5.74) is 7.21. The molecule has 1 saturated heterocycles. The highest BCUT2D eigenvalue weighted by atomic mass is 32.2. The first-order valence-electron chi connectivity index (χ1n) is 10.9. The number of oxime groups is 1. The molecule has 4 N–H and O–H groups in total. The number of nitrogen functional groups attached to an aromatic ring is 1. The van der Waals surface area contributed by atoms with Crippen molar-refractivity contribution in [2.75, 3.05) is 24.3 Å². The minimum atomic E-state index is -1.20. The van der Waals surface area contributed by atoms with Gasteiger partial charge in [-0.25, -0.2) is 9.78 Å². The molecule has 196 valence electrons. The smallest absolute Gasteiger partial charge is 0.352 e. The van der Waals surface area contributed by atoms with Crippen LogP contribution in [0.4, 0.5) is 5.13 Å². The van der Waals surface area contributed by atoms with Gasteiger partial charge in [-0.05, 0) is 5.57 Å². The van der Waals surface area contributed by atoms with Gasteiger partial charge in [0.2, 0.25) is 0 Å². The Balaban J connectivity index is 1.28. The first-order valence-corrected chi connectivity index (χ1v) is 14.7. The molecule has 0 unspecified atom stereocenters. The summed E-state index contributed by atoms with van der Waals surface area (Å²) in [6, 6.07) is 8.72. The summed E-state index contributed by atoms with van der Waals surface area (Å²) in [6.07, 6.45) is 0. The van der Waals surface area contributed by atoms with Gasteiger partial charge in [0.05, 0.1) is 0 Å². The van der Waals surface area contributed by atoms with Crippen LogP contribution in [0.25, 0.3) is 10.6 Å². The van der Waals surface area contributed by atoms with Gasteiger partial charge in [-0.15, -0.1) is 33.3 Å². The predicted octanol–water partition coefficient (Wildman–Crippen LogP) is 2.13. The second kappa shape index (κ2) is 11.1. The summed E-state index contributed by atoms with van der Waals surface area (Å²) in [5, 5.41) is 26.7. The number of carbonyl (C=O) groups excluding carboxylic acids is 2. The number of hydrogen-bond acceptors (Lipinski definition) is 13. The maximum absolute atomic E-state index is 13.0. The summed E-state index contributed by atoms with van der Waals surface area (Å²) in [6.45, 7) is 0. The molecule has 5 rings (SSSR count). The van der Waals surface area contributed by atoms with E-state index >= 15 is 0 Å². The molecule has 0 radical (unpaired) electrons. The lowest BCUT2D eigenvalue weighted by atomic mass is 10.0. The summed E-state index contributed by atoms with van der Waals surface area (Å²) in [7, 11) is 1.28. The van der Waals surface area contributed by atoms with Crippen molar-refractivity contribution in [3.05, 3.63) is 52.7 Å². The zero-order valence-corrected chi connectivity index (χ0v) is 22.8. The highest BCUT2D eigenvalue weighted by molar-refractivity contribution is 8.01. The minimum Gasteiger partial charge on any atom is -0.477 e. The van der Waals surface area contributed by atoms with Crippen LogP contribution in [-0.2, 0) is 19.2 Å². The normalized spacial score (nSPS) is 19.1. The molecule has 2 aliphatic rings. The topological polar surface area (TPSA) is 173 Å². The number of carbonyl (C=O) groups is 3. The fourth-order valence-corrected chi connectivity index (χ4v) is 7.70. The first-order chi connectivity index (χ1) is 18.4. The van der Waals surface area contributed by atoms with Crippen molar-refractivity contribution < 1.29 is 24.3 Å². The van der Waals surface area contributed by atoms with Gasteiger partial charge in [-0.2, -0.15) is 0 Å². The van der Waals surface area contributed by atoms with Crippen molar-refractivity contribution in [3.8, 4) is 10.6 Å². The van der Waals surface area contributed by atoms with E-state index in [1.54, 1.807) is 5.38 Å². The van der Waals surface area contributed by atoms with E-state index < -0.39 is 29.2 Å². The Morgan fingerprint density at radius 1 is 1.32 bits per heavy atom. The van der Waals surface area contributed by atoms with E-state index in [1.807, 2.05) is 30.3 Å². The van der Waals surface area contributed by atoms with Crippen molar-refractivity contribution in [3.63, 3.8) is 0 Å². The molecule has 2 aromatic heterocycles. The number of nitrogens with two attached hydrogens (primary N) is 1. The standard InChI is InChI=1S/C22H19N7O5S4/c1-34-28-13(12-9-36-21(23)24-12)16(30)25-14-18(31)29-15(20(32)33)11(7-35-19(14)29)8-37-22-27-26-17(38-22)10-5-3-2-4-6-10/h2-6,9,14,19H,7-8H2,1H3,(H2,23,24)(H,25,30)(H,32,33)/b28-13-/t14-,19-/m1/s1. The van der Waals surface area contributed by atoms with E-state index in [0.717, 1.165) is 21.9 Å². The molecule has 1 aromatic carbocycles. The van der Waals surface area contributed by atoms with Crippen molar-refractivity contribution >= 4 is 74.8 Å². The number of aliphatic carboxylic acids is 1. The molecule has 1 fully saturated rings. The molecule has 0 saturated carbocycles. The molecule has 16 heteroatoms. The van der Waals surface area contributed by atoms with Gasteiger partial charge in [0, 0.05) is 22.4 Å². The number of nitrogens with zero attached hydrogens (tertiary/aromatic N) is 5. The average Bonchev–Trinajstić information content (AvgIpc) is 3.58. The summed E-state index contributed by atoms with van der Waals surface area (Å²) in [4.78, 5) is 48.1. The van der Waals surface area contributed by atoms with Crippen LogP contribution in [0, 0.1) is 0 Å². The molecule has 0 aliphatic carbocycles. The van der Waals surface area contributed by atoms with Gasteiger partial charge in [0.25, 0.3) is 11.8 Å². The van der Waals surface area contributed by atoms with Crippen molar-refractivity contribution in [2.45, 2.75) is 15.8 Å². The highest BCUT2D eigenvalue weighted by Crippen LogP contribution is 2.42. The Morgan fingerprint density at radius 3 is 2.79 bits per heavy atom. The lowest BCUT2D eigenvalue weighted by molar-refractivity contribution is -0.150. The largest absolute Gasteiger partial charge is 0.477 e. The Hall–Kier alpha value is -3.47. The third-order valence-electron chi connectivity index (χ3n) is 5.50. The van der Waals surface area contributed by atoms with Crippen LogP contribution < -0.4 is 11.1 Å². The predicted molar refractivity (Wildman–Crippen MR) is 146 cm³/mol. The van der Waals surface area contributed by atoms with Crippen LogP contribution in [0.1, 0.15) is 5.69 Å². The van der Waals surface area contributed by atoms with E-state index in [2.05, 4.69) is 25.7 Å². The lowest BCUT2D eigenvalue weighted by Gasteiger charge is -2.49. The molecular weight excluding hydrogens is 571 g/mol. The van der Waals surface area contributed by atoms with Gasteiger partial charge in [0.15, 0.2) is 15.2 Å². The Kier molecular flexibility index (Phi) is 7.64. The molecule has 3 aromatic rings. The number of thioether (sulfide) groups is 2. The molecule has 2 atom stereocenters. The maximum atomic E-state index is 13.0. The van der Waals surface area contributed by atoms with Crippen molar-refractivity contribution in [1.82, 2.24) is 25.4 Å². The van der Waals surface area contributed by atoms with Crippen LogP contribution in [-0.4, -0.2) is 78.7 Å². The quantitative estimate of drug-likeness (QED) is 0.144. The Morgan fingerprint density at radius 2 is 2.11 bits per heavy atom. The molecule has 0 spiro atoms. The van der Waals surface area contributed by atoms with Crippen molar-refractivity contribution in [1.29, 1.82) is 0 Å². The third kappa shape index (κ3) is 5.11. The monoisotopic (exact) mass is 589 g/mol. The summed E-state index contributed by atoms with van der Waals surface area (Å²) >= 11 is 5.29. The van der Waals surface area contributed by atoms with Crippen LogP contribution >= 0.6 is 46.2 Å². The number of amides is 2. The number of rotatable bonds is 9. The number of fused-ring (bicyclic) bond motifs is 1. The van der Waals surface area contributed by atoms with Crippen LogP contribution in [0.15, 0.2) is 56.5 Å². The molecule has 38 heavy (non-hydrogen) atoms. The van der Waals surface area contributed by atoms with E-state index in [-0.39, 0.29) is 22.2 Å². The number of hydrogen-bond donors (Lipinski definition) is 3. The number of anilines is 1. The Labute approximate surface area is 232 Å². The molecular formula is C22H19N7O5S4. The third-order valence-corrected chi connectivity index (χ3v) is 9.70. The van der Waals surface area contributed by atoms with Crippen LogP contribution in [0.5, 0.6) is 0 Å². The number of thiazole rings is 1. The molecule has 2 amide bonds. The van der Waals surface area contributed by atoms with Gasteiger partial charge >= 0.3 is 5.97 Å². The molecule has 12 nitrogen and oxygen atoms in total. The second-order valence-electron chi connectivity index (χ2n) is 7.84. The van der Waals surface area contributed by atoms with E-state index in [0.29, 0.717) is 21.4 Å². The first kappa shape index (κ1) is 26.1. The van der Waals surface area contributed by atoms with Gasteiger partial charge in [-0.3, -0.25) is 14.5 Å². The number of β-lactam (4-membered cyclic amide) rings is 1. The van der Waals surface area contributed by atoms with E-state index in [4.69, 9.17) is 10.6 Å². The van der Waals surface area contributed by atoms with Gasteiger partial charge in [0.1, 0.15) is 34.9 Å². The summed E-state index contributed by atoms with van der Waals surface area (Å²) in [5.74, 6) is -1.69. The van der Waals surface area contributed by atoms with Gasteiger partial charge in [-0.1, -0.05) is 58.6 Å². The SMILES string of the molecule is CO/N=C(\C(=O)N[C@@H]1C(=O)N2C(C(=O)O)=C(CSc3nnc(-c4ccccc4)s3)CS[C@H]12)c1csc(N)n1. The fourth-order valence-electron chi connectivity index (χ4n) is 3.81. The average molecular weight is 590 g/mol. The Bertz CT molecular complexity index is 1450. The molecule has 2 aliphatic heterocycles. The van der Waals surface area contributed by atoms with E-state index in [9.17, 15) is 19.5 Å². The number of benzene rings is 1. The number of carboxylic acids is 1. The maximum Gasteiger partial charge on any atom is 0.352 e. The highest BCUT2D eigenvalue weighted by Gasteiger charge is 2.54. The van der Waals surface area contributed by atoms with Gasteiger partial charge < -0.3 is 21.0 Å². The minimum absolute atomic E-state index is 0.0670. The number of aromatic nitrogens is 3. The molecule has 0 bridgehead atoms. The number of carboxylic acid groups (broad SMARTS) is 1. The molecule has 4 heterocycles. The lowest BCUT2D eigenvalue weighted by Crippen LogP contribution is -2.71. The van der Waals surface area contributed by atoms with E-state index in [1.165, 1.54) is 46.9 Å². The zero-order valence-electron chi connectivity index (χ0n) is 19.6.